The number of piperidine rings is 2. The van der Waals surface area contributed by atoms with Gasteiger partial charge in [-0.05, 0) is 96.5 Å². The smallest absolute Gasteiger partial charge is 0.418 e. The highest BCUT2D eigenvalue weighted by molar-refractivity contribution is 7.99. The van der Waals surface area contributed by atoms with E-state index >= 15 is 26.3 Å². The Labute approximate surface area is 383 Å². The second kappa shape index (κ2) is 19.5. The molecule has 4 heterocycles. The largest absolute Gasteiger partial charge is 0.481 e. The van der Waals surface area contributed by atoms with Crippen molar-refractivity contribution in [1.29, 1.82) is 0 Å². The predicted octanol–water partition coefficient (Wildman–Crippen LogP) is 9.62. The summed E-state index contributed by atoms with van der Waals surface area (Å²) < 4.78 is 94.7. The van der Waals surface area contributed by atoms with Crippen LogP contribution in [0.2, 0.25) is 0 Å². The maximum Gasteiger partial charge on any atom is 0.418 e. The van der Waals surface area contributed by atoms with E-state index in [1.54, 1.807) is 0 Å². The van der Waals surface area contributed by atoms with Gasteiger partial charge >= 0.3 is 24.3 Å². The fourth-order valence-corrected chi connectivity index (χ4v) is 9.86. The number of carbonyl (C=O) groups excluding carboxylic acids is 2. The second-order valence-corrected chi connectivity index (χ2v) is 17.5. The molecule has 4 aliphatic rings. The Bertz CT molecular complexity index is 2470. The van der Waals surface area contributed by atoms with E-state index in [9.17, 15) is 29.4 Å². The highest BCUT2D eigenvalue weighted by Crippen LogP contribution is 2.52. The monoisotopic (exact) mass is 952 g/mol. The number of amides is 2. The molecule has 67 heavy (non-hydrogen) atoms. The summed E-state index contributed by atoms with van der Waals surface area (Å²) in [4.78, 5) is 71.8. The van der Waals surface area contributed by atoms with Gasteiger partial charge in [-0.2, -0.15) is 36.1 Å². The zero-order valence-corrected chi connectivity index (χ0v) is 36.3. The third-order valence-electron chi connectivity index (χ3n) is 12.2. The average Bonchev–Trinajstić information content (AvgIpc) is 3.31. The molecule has 4 aromatic carbocycles. The number of halogens is 6. The zero-order valence-electron chi connectivity index (χ0n) is 35.5. The van der Waals surface area contributed by atoms with Crippen molar-refractivity contribution < 1.29 is 75.3 Å². The lowest BCUT2D eigenvalue weighted by Gasteiger charge is -2.29. The van der Waals surface area contributed by atoms with Crippen molar-refractivity contribution in [3.05, 3.63) is 106 Å². The van der Waals surface area contributed by atoms with Crippen molar-refractivity contribution >= 4 is 47.7 Å². The Kier molecular flexibility index (Phi) is 13.7. The lowest BCUT2D eigenvalue weighted by atomic mass is 9.91. The van der Waals surface area contributed by atoms with Crippen LogP contribution >= 0.6 is 11.8 Å². The number of hydrogen-bond donors (Lipinski definition) is 2. The minimum Gasteiger partial charge on any atom is -0.481 e. The van der Waals surface area contributed by atoms with Gasteiger partial charge in [-0.25, -0.2) is 0 Å². The van der Waals surface area contributed by atoms with Crippen molar-refractivity contribution in [2.75, 3.05) is 39.4 Å². The summed E-state index contributed by atoms with van der Waals surface area (Å²) in [5.74, 6) is -3.80. The summed E-state index contributed by atoms with van der Waals surface area (Å²) in [6, 6.07) is 13.3. The van der Waals surface area contributed by atoms with Crippen LogP contribution in [0.15, 0.2) is 82.6 Å². The number of carboxylic acid groups (broad SMARTS) is 2. The maximum absolute atomic E-state index is 15.8. The molecular formula is C48H42F6N2O10S. The first-order chi connectivity index (χ1) is 32.0. The van der Waals surface area contributed by atoms with Crippen molar-refractivity contribution in [3.63, 3.8) is 0 Å². The first kappa shape index (κ1) is 47.2. The number of aliphatic carboxylic acids is 2. The summed E-state index contributed by atoms with van der Waals surface area (Å²) >= 11 is 0.263. The van der Waals surface area contributed by atoms with Crippen LogP contribution in [0.1, 0.15) is 59.1 Å². The number of nitrogens with zero attached hydrogens (tertiary/aromatic N) is 2. The van der Waals surface area contributed by atoms with Crippen molar-refractivity contribution in [2.45, 2.75) is 60.7 Å². The topological polar surface area (TPSA) is 152 Å². The van der Waals surface area contributed by atoms with Gasteiger partial charge in [0.2, 0.25) is 11.8 Å². The average molecular weight is 953 g/mol. The molecule has 2 fully saturated rings. The summed E-state index contributed by atoms with van der Waals surface area (Å²) in [5.41, 5.74) is -2.34. The number of carbonyl (C=O) groups is 4. The number of fused-ring (bicyclic) bond motifs is 2. The molecule has 4 aromatic rings. The van der Waals surface area contributed by atoms with Crippen LogP contribution in [0.25, 0.3) is 34.4 Å². The van der Waals surface area contributed by atoms with Crippen LogP contribution in [0, 0.1) is 11.8 Å². The molecule has 19 heteroatoms. The Morgan fingerprint density at radius 3 is 1.33 bits per heavy atom. The minimum absolute atomic E-state index is 0.0442. The van der Waals surface area contributed by atoms with Crippen LogP contribution < -0.4 is 9.78 Å². The molecule has 352 valence electrons. The van der Waals surface area contributed by atoms with E-state index in [4.69, 9.17) is 19.6 Å². The maximum atomic E-state index is 15.8. The molecule has 0 unspecified atom stereocenters. The lowest BCUT2D eigenvalue weighted by Crippen LogP contribution is -2.39. The van der Waals surface area contributed by atoms with Gasteiger partial charge in [-0.3, -0.25) is 19.2 Å². The Balaban J connectivity index is 1.24. The number of likely N-dealkylation sites (tertiary alicyclic amines) is 2. The van der Waals surface area contributed by atoms with Gasteiger partial charge in [0.15, 0.2) is 11.5 Å². The fourth-order valence-electron chi connectivity index (χ4n) is 8.71. The van der Waals surface area contributed by atoms with Crippen molar-refractivity contribution in [1.82, 2.24) is 9.80 Å². The molecule has 0 saturated carbocycles. The van der Waals surface area contributed by atoms with Gasteiger partial charge in [0.05, 0.1) is 36.2 Å². The van der Waals surface area contributed by atoms with E-state index in [1.807, 2.05) is 0 Å². The Hall–Kier alpha value is -6.31. The molecule has 0 atom stereocenters. The molecule has 2 saturated heterocycles. The summed E-state index contributed by atoms with van der Waals surface area (Å²) in [6.07, 6.45) is -4.33. The molecule has 2 N–H and O–H groups in total. The quantitative estimate of drug-likeness (QED) is 0.0888. The molecule has 0 radical (unpaired) electrons. The molecule has 2 amide bonds. The van der Waals surface area contributed by atoms with Crippen LogP contribution in [0.3, 0.4) is 0 Å². The van der Waals surface area contributed by atoms with Gasteiger partial charge in [0.25, 0.3) is 0 Å². The third kappa shape index (κ3) is 10.5. The van der Waals surface area contributed by atoms with Crippen LogP contribution in [0.5, 0.6) is 11.5 Å². The molecule has 8 rings (SSSR count). The summed E-state index contributed by atoms with van der Waals surface area (Å²) in [7, 11) is 0. The van der Waals surface area contributed by atoms with E-state index < -0.39 is 80.0 Å². The Morgan fingerprint density at radius 1 is 0.582 bits per heavy atom. The van der Waals surface area contributed by atoms with Crippen LogP contribution in [-0.2, 0) is 54.1 Å². The molecule has 0 aliphatic carbocycles. The molecule has 0 bridgehead atoms. The molecule has 0 aromatic heterocycles. The highest BCUT2D eigenvalue weighted by atomic mass is 32.2. The van der Waals surface area contributed by atoms with Crippen LogP contribution in [-0.4, -0.2) is 83.2 Å². The number of hydrogen-bond acceptors (Lipinski definition) is 9. The van der Waals surface area contributed by atoms with E-state index in [1.165, 1.54) is 70.5 Å². The molecular weight excluding hydrogens is 911 g/mol. The van der Waals surface area contributed by atoms with Crippen LogP contribution in [0.4, 0.5) is 26.3 Å². The molecule has 12 nitrogen and oxygen atoms in total. The van der Waals surface area contributed by atoms with E-state index in [-0.39, 0.29) is 123 Å². The summed E-state index contributed by atoms with van der Waals surface area (Å²) in [5, 5.41) is 18.8. The fraction of sp³-hybridized carbons (Fsp3) is 0.333. The van der Waals surface area contributed by atoms with E-state index in [0.717, 1.165) is 24.3 Å². The first-order valence-corrected chi connectivity index (χ1v) is 22.2. The standard InChI is InChI=1S/C48H42F6N2O10S/c49-47(50,51)43-37(9-3-27(5-11-39(57)55-19-13-29(14-20-55)45(59)60)41(43)33-1-7-35-31(25-33)17-23-63-65-35)67-38-10-4-28(6-12-40(58)56-21-15-30(16-22-56)46(61)62)42(44(38)48(52,53)54)34-2-8-36-32(26-34)18-24-64-66-36/h1-12,25-26,29-30H,13-24H2,(H,59,60)(H,61,62)/b11-5+,12-6+. The van der Waals surface area contributed by atoms with Gasteiger partial charge in [-0.1, -0.05) is 36.0 Å². The predicted molar refractivity (Wildman–Crippen MR) is 230 cm³/mol. The number of carboxylic acids is 2. The summed E-state index contributed by atoms with van der Waals surface area (Å²) in [6.45, 7) is 0.711. The zero-order chi connectivity index (χ0) is 47.6. The van der Waals surface area contributed by atoms with Crippen molar-refractivity contribution in [3.8, 4) is 33.8 Å². The second-order valence-electron chi connectivity index (χ2n) is 16.4. The molecule has 4 aliphatic heterocycles. The number of rotatable bonds is 10. The van der Waals surface area contributed by atoms with E-state index in [0.29, 0.717) is 11.1 Å². The minimum atomic E-state index is -5.16. The van der Waals surface area contributed by atoms with Gasteiger partial charge < -0.3 is 29.8 Å². The SMILES string of the molecule is O=C(O)C1CCN(C(=O)/C=C/c2ccc(Sc3ccc(/C=C/C(=O)N4CCC(C(=O)O)CC4)c(-c4ccc5c(c4)CCOO5)c3C(F)(F)F)c(C(F)(F)F)c2-c2ccc3c(c2)CCOO3)CC1. The Morgan fingerprint density at radius 2 is 0.970 bits per heavy atom. The highest BCUT2D eigenvalue weighted by Gasteiger charge is 2.42. The van der Waals surface area contributed by atoms with E-state index in [2.05, 4.69) is 0 Å². The third-order valence-corrected chi connectivity index (χ3v) is 13.3. The van der Waals surface area contributed by atoms with Gasteiger partial charge in [0.1, 0.15) is 0 Å². The first-order valence-electron chi connectivity index (χ1n) is 21.4. The lowest BCUT2D eigenvalue weighted by molar-refractivity contribution is -0.215. The number of benzene rings is 4. The molecule has 0 spiro atoms. The van der Waals surface area contributed by atoms with Gasteiger partial charge in [-0.15, -0.1) is 0 Å². The van der Waals surface area contributed by atoms with Gasteiger partial charge in [0, 0.05) is 83.2 Å². The van der Waals surface area contributed by atoms with Crippen molar-refractivity contribution in [2.24, 2.45) is 11.8 Å². The number of alkyl halides is 6. The normalized spacial score (nSPS) is 17.2.